The van der Waals surface area contributed by atoms with Crippen LogP contribution in [0.25, 0.3) is 88.8 Å². The molecule has 0 N–H and O–H groups in total. The first-order chi connectivity index (χ1) is 27.3. The fourth-order valence-electron chi connectivity index (χ4n) is 9.86. The zero-order valence-electron chi connectivity index (χ0n) is 32.1. The topological polar surface area (TPSA) is 25.8 Å². The monoisotopic (exact) mass is 716 g/mol. The highest BCUT2D eigenvalue weighted by Gasteiger charge is 2.38. The Kier molecular flexibility index (Phi) is 6.98. The zero-order chi connectivity index (χ0) is 37.8. The van der Waals surface area contributed by atoms with Crippen LogP contribution in [0.2, 0.25) is 0 Å². The van der Waals surface area contributed by atoms with E-state index in [2.05, 4.69) is 191 Å². The fourth-order valence-corrected chi connectivity index (χ4v) is 9.86. The second-order valence-corrected chi connectivity index (χ2v) is 16.5. The van der Waals surface area contributed by atoms with Crippen molar-refractivity contribution in [2.75, 3.05) is 0 Å². The van der Waals surface area contributed by atoms with Gasteiger partial charge in [0, 0.05) is 27.5 Å². The summed E-state index contributed by atoms with van der Waals surface area (Å²) in [4.78, 5) is 10.6. The van der Waals surface area contributed by atoms with Crippen molar-refractivity contribution in [3.8, 4) is 67.3 Å². The summed E-state index contributed by atoms with van der Waals surface area (Å²) in [6, 6.07) is 62.1. The maximum atomic E-state index is 5.31. The molecule has 1 heterocycles. The van der Waals surface area contributed by atoms with Gasteiger partial charge in [-0.2, -0.15) is 0 Å². The number of aromatic nitrogens is 2. The number of hydrogen-bond acceptors (Lipinski definition) is 2. The molecule has 0 atom stereocenters. The Morgan fingerprint density at radius 2 is 0.929 bits per heavy atom. The summed E-state index contributed by atoms with van der Waals surface area (Å²) in [5.74, 6) is 0.721. The van der Waals surface area contributed by atoms with E-state index in [1.807, 2.05) is 6.07 Å². The SMILES string of the molecule is CC1(C)c2ccccc2-c2cc(-c3cc(-c4ccc(-c5cccc6c5-c5c(ccc7ccccc57)C6(C)C)c5ccccc45)nc(-c4ccccc4)n3)ccc21. The van der Waals surface area contributed by atoms with Crippen LogP contribution in [0.5, 0.6) is 0 Å². The Hall–Kier alpha value is -6.64. The summed E-state index contributed by atoms with van der Waals surface area (Å²) >= 11 is 0. The van der Waals surface area contributed by atoms with Crippen LogP contribution in [0, 0.1) is 0 Å². The van der Waals surface area contributed by atoms with Crippen molar-refractivity contribution in [2.45, 2.75) is 38.5 Å². The molecule has 0 radical (unpaired) electrons. The lowest BCUT2D eigenvalue weighted by Gasteiger charge is -2.22. The van der Waals surface area contributed by atoms with E-state index in [0.717, 1.165) is 33.9 Å². The largest absolute Gasteiger partial charge is 0.228 e. The van der Waals surface area contributed by atoms with Gasteiger partial charge in [-0.25, -0.2) is 9.97 Å². The van der Waals surface area contributed by atoms with Gasteiger partial charge in [0.1, 0.15) is 0 Å². The van der Waals surface area contributed by atoms with E-state index in [1.165, 1.54) is 77.2 Å². The Balaban J connectivity index is 1.12. The third-order valence-electron chi connectivity index (χ3n) is 12.7. The van der Waals surface area contributed by atoms with E-state index in [1.54, 1.807) is 0 Å². The second-order valence-electron chi connectivity index (χ2n) is 16.5. The van der Waals surface area contributed by atoms with Crippen molar-refractivity contribution in [2.24, 2.45) is 0 Å². The van der Waals surface area contributed by atoms with Crippen LogP contribution in [-0.4, -0.2) is 9.97 Å². The van der Waals surface area contributed by atoms with E-state index >= 15 is 0 Å². The lowest BCUT2D eigenvalue weighted by Crippen LogP contribution is -2.14. The van der Waals surface area contributed by atoms with Gasteiger partial charge in [-0.15, -0.1) is 0 Å². The molecule has 0 saturated carbocycles. The number of nitrogens with zero attached hydrogens (tertiary/aromatic N) is 2. The second kappa shape index (κ2) is 11.9. The molecule has 0 saturated heterocycles. The van der Waals surface area contributed by atoms with Gasteiger partial charge in [0.15, 0.2) is 5.82 Å². The van der Waals surface area contributed by atoms with Crippen LogP contribution in [0.15, 0.2) is 170 Å². The highest BCUT2D eigenvalue weighted by Crippen LogP contribution is 2.55. The molecule has 8 aromatic carbocycles. The Morgan fingerprint density at radius 3 is 1.77 bits per heavy atom. The molecule has 0 bridgehead atoms. The lowest BCUT2D eigenvalue weighted by atomic mass is 9.81. The van der Waals surface area contributed by atoms with Gasteiger partial charge in [-0.3, -0.25) is 0 Å². The van der Waals surface area contributed by atoms with Crippen LogP contribution < -0.4 is 0 Å². The first kappa shape index (κ1) is 32.8. The van der Waals surface area contributed by atoms with Crippen molar-refractivity contribution in [3.63, 3.8) is 0 Å². The van der Waals surface area contributed by atoms with Gasteiger partial charge in [-0.1, -0.05) is 185 Å². The van der Waals surface area contributed by atoms with Crippen molar-refractivity contribution >= 4 is 21.5 Å². The quantitative estimate of drug-likeness (QED) is 0.181. The van der Waals surface area contributed by atoms with E-state index in [0.29, 0.717) is 0 Å². The van der Waals surface area contributed by atoms with Crippen molar-refractivity contribution < 1.29 is 0 Å². The number of fused-ring (bicyclic) bond motifs is 9. The predicted octanol–water partition coefficient (Wildman–Crippen LogP) is 14.1. The average molecular weight is 717 g/mol. The molecule has 2 heteroatoms. The molecule has 11 rings (SSSR count). The molecule has 0 aliphatic heterocycles. The number of benzene rings is 8. The predicted molar refractivity (Wildman–Crippen MR) is 234 cm³/mol. The van der Waals surface area contributed by atoms with Gasteiger partial charge in [0.25, 0.3) is 0 Å². The van der Waals surface area contributed by atoms with Crippen LogP contribution >= 0.6 is 0 Å². The molecule has 0 fully saturated rings. The van der Waals surface area contributed by atoms with E-state index in [9.17, 15) is 0 Å². The normalized spacial score (nSPS) is 14.4. The molecule has 56 heavy (non-hydrogen) atoms. The molecule has 0 spiro atoms. The average Bonchev–Trinajstić information content (AvgIpc) is 3.63. The Labute approximate surface area is 328 Å². The smallest absolute Gasteiger partial charge is 0.160 e. The minimum absolute atomic E-state index is 0.0546. The van der Waals surface area contributed by atoms with Crippen LogP contribution in [0.3, 0.4) is 0 Å². The zero-order valence-corrected chi connectivity index (χ0v) is 32.1. The van der Waals surface area contributed by atoms with E-state index in [4.69, 9.17) is 9.97 Å². The summed E-state index contributed by atoms with van der Waals surface area (Å²) in [5.41, 5.74) is 18.1. The van der Waals surface area contributed by atoms with Gasteiger partial charge in [-0.05, 0) is 89.3 Å². The summed E-state index contributed by atoms with van der Waals surface area (Å²) in [5, 5.41) is 4.97. The number of hydrogen-bond donors (Lipinski definition) is 0. The van der Waals surface area contributed by atoms with Crippen molar-refractivity contribution in [3.05, 3.63) is 192 Å². The maximum absolute atomic E-state index is 5.31. The highest BCUT2D eigenvalue weighted by atomic mass is 14.9. The van der Waals surface area contributed by atoms with Gasteiger partial charge in [0.2, 0.25) is 0 Å². The van der Waals surface area contributed by atoms with Crippen LogP contribution in [0.4, 0.5) is 0 Å². The maximum Gasteiger partial charge on any atom is 0.160 e. The minimum Gasteiger partial charge on any atom is -0.228 e. The minimum atomic E-state index is -0.110. The molecule has 9 aromatic rings. The van der Waals surface area contributed by atoms with Gasteiger partial charge in [0.05, 0.1) is 11.4 Å². The molecule has 2 nitrogen and oxygen atoms in total. The summed E-state index contributed by atoms with van der Waals surface area (Å²) in [6.45, 7) is 9.39. The molecule has 2 aliphatic carbocycles. The molecule has 0 amide bonds. The van der Waals surface area contributed by atoms with E-state index < -0.39 is 0 Å². The number of rotatable bonds is 4. The molecule has 1 aromatic heterocycles. The van der Waals surface area contributed by atoms with Gasteiger partial charge >= 0.3 is 0 Å². The van der Waals surface area contributed by atoms with Crippen molar-refractivity contribution in [1.82, 2.24) is 9.97 Å². The summed E-state index contributed by atoms with van der Waals surface area (Å²) in [7, 11) is 0. The van der Waals surface area contributed by atoms with Gasteiger partial charge < -0.3 is 0 Å². The molecular weight excluding hydrogens is 677 g/mol. The van der Waals surface area contributed by atoms with Crippen LogP contribution in [0.1, 0.15) is 49.9 Å². The molecule has 266 valence electrons. The first-order valence-corrected chi connectivity index (χ1v) is 19.7. The Morgan fingerprint density at radius 1 is 0.339 bits per heavy atom. The highest BCUT2D eigenvalue weighted by molar-refractivity contribution is 6.11. The standard InChI is InChI=1S/C54H40N2/c1-53(2)44-23-13-12-21-40(44)43-31-35(26-29-45(43)53)48-32-49(56-52(55-48)34-16-6-5-7-17-34)41-28-27-39(37-19-10-11-20-38(37)41)42-22-14-24-46-51(42)50-36-18-9-8-15-33(36)25-30-47(50)54(46,3)4/h5-32H,1-4H3. The van der Waals surface area contributed by atoms with Crippen molar-refractivity contribution in [1.29, 1.82) is 0 Å². The summed E-state index contributed by atoms with van der Waals surface area (Å²) in [6.07, 6.45) is 0. The summed E-state index contributed by atoms with van der Waals surface area (Å²) < 4.78 is 0. The molecule has 0 unspecified atom stereocenters. The fraction of sp³-hybridized carbons (Fsp3) is 0.111. The van der Waals surface area contributed by atoms with E-state index in [-0.39, 0.29) is 10.8 Å². The third-order valence-corrected chi connectivity index (χ3v) is 12.7. The molecule has 2 aliphatic rings. The Bertz CT molecular complexity index is 3080. The molecular formula is C54H40N2. The lowest BCUT2D eigenvalue weighted by molar-refractivity contribution is 0.660. The first-order valence-electron chi connectivity index (χ1n) is 19.7. The van der Waals surface area contributed by atoms with Crippen LogP contribution in [-0.2, 0) is 10.8 Å². The third kappa shape index (κ3) is 4.69.